The highest BCUT2D eigenvalue weighted by Gasteiger charge is 2.26. The number of para-hydroxylation sites is 1. The van der Waals surface area contributed by atoms with Gasteiger partial charge in [0.1, 0.15) is 11.4 Å². The molecule has 0 fully saturated rings. The van der Waals surface area contributed by atoms with Crippen LogP contribution in [0.15, 0.2) is 72.9 Å². The van der Waals surface area contributed by atoms with Crippen molar-refractivity contribution in [2.45, 2.75) is 6.92 Å². The number of ether oxygens (including phenoxy) is 1. The van der Waals surface area contributed by atoms with Gasteiger partial charge < -0.3 is 20.2 Å². The van der Waals surface area contributed by atoms with Gasteiger partial charge in [-0.1, -0.05) is 24.3 Å². The summed E-state index contributed by atoms with van der Waals surface area (Å²) < 4.78 is 6.82. The number of rotatable bonds is 5. The molecule has 6 nitrogen and oxygen atoms in total. The monoisotopic (exact) mass is 399 g/mol. The molecule has 0 bridgehead atoms. The summed E-state index contributed by atoms with van der Waals surface area (Å²) in [6.45, 7) is 1.91. The molecule has 0 saturated heterocycles. The number of amides is 1. The second-order valence-electron chi connectivity index (χ2n) is 6.92. The third-order valence-electron chi connectivity index (χ3n) is 5.07. The predicted molar refractivity (Wildman–Crippen MR) is 117 cm³/mol. The van der Waals surface area contributed by atoms with Crippen LogP contribution >= 0.6 is 0 Å². The maximum Gasteiger partial charge on any atom is 0.259 e. The summed E-state index contributed by atoms with van der Waals surface area (Å²) in [5, 5.41) is 2.91. The minimum absolute atomic E-state index is 0.146. The van der Waals surface area contributed by atoms with Crippen LogP contribution in [0, 0.1) is 6.92 Å². The van der Waals surface area contributed by atoms with E-state index in [0.717, 1.165) is 5.56 Å². The number of pyridine rings is 1. The van der Waals surface area contributed by atoms with Gasteiger partial charge in [-0.25, -0.2) is 0 Å². The summed E-state index contributed by atoms with van der Waals surface area (Å²) in [4.78, 5) is 26.4. The van der Waals surface area contributed by atoms with Crippen LogP contribution in [-0.4, -0.2) is 23.2 Å². The molecule has 2 heterocycles. The molecule has 0 radical (unpaired) electrons. The average molecular weight is 399 g/mol. The lowest BCUT2D eigenvalue weighted by molar-refractivity contribution is 0.102. The van der Waals surface area contributed by atoms with E-state index in [1.165, 1.54) is 0 Å². The molecule has 6 heteroatoms. The van der Waals surface area contributed by atoms with Gasteiger partial charge in [0.05, 0.1) is 23.9 Å². The Morgan fingerprint density at radius 2 is 1.67 bits per heavy atom. The largest absolute Gasteiger partial charge is 0.497 e. The van der Waals surface area contributed by atoms with Gasteiger partial charge in [-0.2, -0.15) is 0 Å². The number of hydrogen-bond donors (Lipinski definition) is 2. The van der Waals surface area contributed by atoms with E-state index < -0.39 is 0 Å². The Bertz CT molecular complexity index is 1260. The number of aromatic nitrogens is 1. The number of nitrogens with two attached hydrogens (primary N) is 1. The van der Waals surface area contributed by atoms with Crippen molar-refractivity contribution >= 4 is 28.6 Å². The van der Waals surface area contributed by atoms with Crippen LogP contribution in [0.25, 0.3) is 5.52 Å². The SMILES string of the molecule is COc1ccc(C(=O)c2c(N)c(C(=O)Nc3ccccc3C)c3ccccn23)cc1. The number of aryl methyl sites for hydroxylation is 1. The van der Waals surface area contributed by atoms with E-state index in [0.29, 0.717) is 22.5 Å². The molecule has 0 aliphatic carbocycles. The summed E-state index contributed by atoms with van der Waals surface area (Å²) in [5.74, 6) is 0.0170. The lowest BCUT2D eigenvalue weighted by Crippen LogP contribution is -2.14. The van der Waals surface area contributed by atoms with E-state index in [-0.39, 0.29) is 28.6 Å². The molecular formula is C24H21N3O3. The van der Waals surface area contributed by atoms with Crippen LogP contribution in [0.3, 0.4) is 0 Å². The fourth-order valence-electron chi connectivity index (χ4n) is 3.48. The molecule has 2 aromatic carbocycles. The van der Waals surface area contributed by atoms with E-state index in [4.69, 9.17) is 10.5 Å². The summed E-state index contributed by atoms with van der Waals surface area (Å²) in [5.41, 5.74) is 9.70. The molecular weight excluding hydrogens is 378 g/mol. The Morgan fingerprint density at radius 1 is 0.967 bits per heavy atom. The Labute approximate surface area is 173 Å². The predicted octanol–water partition coefficient (Wildman–Crippen LogP) is 4.32. The van der Waals surface area contributed by atoms with Gasteiger partial charge >= 0.3 is 0 Å². The Hall–Kier alpha value is -4.06. The van der Waals surface area contributed by atoms with E-state index in [1.807, 2.05) is 31.2 Å². The molecule has 3 N–H and O–H groups in total. The quantitative estimate of drug-likeness (QED) is 0.489. The number of methoxy groups -OCH3 is 1. The number of benzene rings is 2. The number of nitrogen functional groups attached to an aromatic ring is 1. The van der Waals surface area contributed by atoms with Crippen LogP contribution in [0.5, 0.6) is 5.75 Å². The van der Waals surface area contributed by atoms with Crippen molar-refractivity contribution in [3.8, 4) is 5.75 Å². The average Bonchev–Trinajstić information content (AvgIpc) is 3.06. The van der Waals surface area contributed by atoms with Crippen molar-refractivity contribution in [1.82, 2.24) is 4.40 Å². The Balaban J connectivity index is 1.80. The highest BCUT2D eigenvalue weighted by atomic mass is 16.5. The van der Waals surface area contributed by atoms with E-state index in [1.54, 1.807) is 60.2 Å². The van der Waals surface area contributed by atoms with Crippen molar-refractivity contribution in [2.75, 3.05) is 18.2 Å². The summed E-state index contributed by atoms with van der Waals surface area (Å²) in [7, 11) is 1.56. The highest BCUT2D eigenvalue weighted by molar-refractivity contribution is 6.20. The zero-order chi connectivity index (χ0) is 21.3. The molecule has 1 amide bonds. The number of fused-ring (bicyclic) bond motifs is 1. The Kier molecular flexibility index (Phi) is 4.98. The second-order valence-corrected chi connectivity index (χ2v) is 6.92. The first kappa shape index (κ1) is 19.3. The number of carbonyl (C=O) groups is 2. The van der Waals surface area contributed by atoms with Crippen molar-refractivity contribution in [3.05, 3.63) is 95.3 Å². The van der Waals surface area contributed by atoms with Gasteiger partial charge in [0, 0.05) is 17.4 Å². The molecule has 0 spiro atoms. The van der Waals surface area contributed by atoms with Gasteiger partial charge in [0.15, 0.2) is 0 Å². The van der Waals surface area contributed by atoms with Gasteiger partial charge in [-0.15, -0.1) is 0 Å². The van der Waals surface area contributed by atoms with Crippen LogP contribution in [0.2, 0.25) is 0 Å². The summed E-state index contributed by atoms with van der Waals surface area (Å²) in [6.07, 6.45) is 1.73. The van der Waals surface area contributed by atoms with Crippen LogP contribution in [-0.2, 0) is 0 Å². The van der Waals surface area contributed by atoms with Crippen LogP contribution in [0.1, 0.15) is 32.0 Å². The molecule has 0 saturated carbocycles. The standard InChI is InChI=1S/C24H21N3O3/c1-15-7-3-4-8-18(15)26-24(29)20-19-9-5-6-14-27(19)22(21(20)25)23(28)16-10-12-17(30-2)13-11-16/h3-14H,25H2,1-2H3,(H,26,29). The molecule has 4 aromatic rings. The van der Waals surface area contributed by atoms with Gasteiger partial charge in [0.2, 0.25) is 5.78 Å². The molecule has 0 aliphatic rings. The van der Waals surface area contributed by atoms with E-state index >= 15 is 0 Å². The number of nitrogens with zero attached hydrogens (tertiary/aromatic N) is 1. The van der Waals surface area contributed by atoms with Crippen molar-refractivity contribution in [3.63, 3.8) is 0 Å². The minimum atomic E-state index is -0.362. The fraction of sp³-hybridized carbons (Fsp3) is 0.0833. The third-order valence-corrected chi connectivity index (χ3v) is 5.07. The van der Waals surface area contributed by atoms with Crippen molar-refractivity contribution < 1.29 is 14.3 Å². The van der Waals surface area contributed by atoms with Crippen molar-refractivity contribution in [2.24, 2.45) is 0 Å². The molecule has 0 atom stereocenters. The summed E-state index contributed by atoms with van der Waals surface area (Å²) >= 11 is 0. The number of carbonyl (C=O) groups excluding carboxylic acids is 2. The summed E-state index contributed by atoms with van der Waals surface area (Å²) in [6, 6.07) is 19.6. The minimum Gasteiger partial charge on any atom is -0.497 e. The number of anilines is 2. The zero-order valence-electron chi connectivity index (χ0n) is 16.7. The molecule has 0 aliphatic heterocycles. The number of ketones is 1. The lowest BCUT2D eigenvalue weighted by Gasteiger charge is -2.08. The number of hydrogen-bond acceptors (Lipinski definition) is 4. The van der Waals surface area contributed by atoms with Crippen LogP contribution < -0.4 is 15.8 Å². The van der Waals surface area contributed by atoms with Crippen molar-refractivity contribution in [1.29, 1.82) is 0 Å². The molecule has 0 unspecified atom stereocenters. The van der Waals surface area contributed by atoms with Gasteiger partial charge in [0.25, 0.3) is 5.91 Å². The lowest BCUT2D eigenvalue weighted by atomic mass is 10.1. The molecule has 30 heavy (non-hydrogen) atoms. The van der Waals surface area contributed by atoms with E-state index in [2.05, 4.69) is 5.32 Å². The molecule has 2 aromatic heterocycles. The first-order valence-electron chi connectivity index (χ1n) is 9.45. The third kappa shape index (κ3) is 3.28. The van der Waals surface area contributed by atoms with E-state index in [9.17, 15) is 9.59 Å². The van der Waals surface area contributed by atoms with Crippen LogP contribution in [0.4, 0.5) is 11.4 Å². The smallest absolute Gasteiger partial charge is 0.259 e. The normalized spacial score (nSPS) is 10.7. The fourth-order valence-corrected chi connectivity index (χ4v) is 3.48. The van der Waals surface area contributed by atoms with Gasteiger partial charge in [-0.3, -0.25) is 9.59 Å². The van der Waals surface area contributed by atoms with Gasteiger partial charge in [-0.05, 0) is 55.0 Å². The molecule has 150 valence electrons. The zero-order valence-corrected chi connectivity index (χ0v) is 16.7. The maximum absolute atomic E-state index is 13.3. The topological polar surface area (TPSA) is 85.8 Å². The highest BCUT2D eigenvalue weighted by Crippen LogP contribution is 2.30. The first-order chi connectivity index (χ1) is 14.5. The maximum atomic E-state index is 13.3. The number of nitrogens with one attached hydrogen (secondary N) is 1. The Morgan fingerprint density at radius 3 is 2.37 bits per heavy atom. The second kappa shape index (κ2) is 7.75. The first-order valence-corrected chi connectivity index (χ1v) is 9.45. The molecule has 4 rings (SSSR count).